The van der Waals surface area contributed by atoms with E-state index in [1.165, 1.54) is 11.3 Å². The molecule has 0 saturated carbocycles. The molecule has 0 spiro atoms. The lowest BCUT2D eigenvalue weighted by Gasteiger charge is -2.27. The van der Waals surface area contributed by atoms with Crippen molar-refractivity contribution in [2.45, 2.75) is 0 Å². The maximum absolute atomic E-state index is 12.1. The lowest BCUT2D eigenvalue weighted by atomic mass is 10.2. The summed E-state index contributed by atoms with van der Waals surface area (Å²) in [6, 6.07) is 15.0. The average Bonchev–Trinajstić information content (AvgIpc) is 3.26. The summed E-state index contributed by atoms with van der Waals surface area (Å²) in [5, 5.41) is 16.5. The molecule has 7 nitrogen and oxygen atoms in total. The third kappa shape index (κ3) is 4.42. The Morgan fingerprint density at radius 2 is 1.78 bits per heavy atom. The predicted octanol–water partition coefficient (Wildman–Crippen LogP) is 3.37. The molecular weight excluding hydrogens is 362 g/mol. The van der Waals surface area contributed by atoms with E-state index in [-0.39, 0.29) is 5.91 Å². The summed E-state index contributed by atoms with van der Waals surface area (Å²) in [5.74, 6) is 1.42. The molecule has 1 saturated heterocycles. The highest BCUT2D eigenvalue weighted by molar-refractivity contribution is 7.12. The molecule has 0 bridgehead atoms. The molecule has 3 aromatic rings. The SMILES string of the molecule is O=C(Nc1ccc(Nc2ccc(N3CCOCC3)nn2)cc1)c1cccs1. The molecule has 1 aliphatic rings. The molecule has 0 atom stereocenters. The highest BCUT2D eigenvalue weighted by Crippen LogP contribution is 2.20. The van der Waals surface area contributed by atoms with Crippen molar-refractivity contribution in [1.29, 1.82) is 0 Å². The van der Waals surface area contributed by atoms with Gasteiger partial charge in [-0.2, -0.15) is 0 Å². The van der Waals surface area contributed by atoms with Crippen molar-refractivity contribution in [3.05, 3.63) is 58.8 Å². The molecule has 3 heterocycles. The van der Waals surface area contributed by atoms with E-state index >= 15 is 0 Å². The lowest BCUT2D eigenvalue weighted by Crippen LogP contribution is -2.36. The molecule has 1 amide bonds. The van der Waals surface area contributed by atoms with E-state index in [0.29, 0.717) is 10.7 Å². The number of ether oxygens (including phenoxy) is 1. The predicted molar refractivity (Wildman–Crippen MR) is 107 cm³/mol. The highest BCUT2D eigenvalue weighted by Gasteiger charge is 2.12. The van der Waals surface area contributed by atoms with Crippen molar-refractivity contribution < 1.29 is 9.53 Å². The second-order valence-electron chi connectivity index (χ2n) is 6.01. The van der Waals surface area contributed by atoms with E-state index in [9.17, 15) is 4.79 Å². The first-order valence-electron chi connectivity index (χ1n) is 8.66. The summed E-state index contributed by atoms with van der Waals surface area (Å²) < 4.78 is 5.35. The fourth-order valence-electron chi connectivity index (χ4n) is 2.74. The second-order valence-corrected chi connectivity index (χ2v) is 6.96. The zero-order chi connectivity index (χ0) is 18.5. The summed E-state index contributed by atoms with van der Waals surface area (Å²) in [5.41, 5.74) is 1.62. The van der Waals surface area contributed by atoms with Crippen molar-refractivity contribution in [3.63, 3.8) is 0 Å². The number of rotatable bonds is 5. The van der Waals surface area contributed by atoms with Gasteiger partial charge in [0.15, 0.2) is 11.6 Å². The van der Waals surface area contributed by atoms with Gasteiger partial charge in [0.25, 0.3) is 5.91 Å². The number of nitrogens with one attached hydrogen (secondary N) is 2. The maximum Gasteiger partial charge on any atom is 0.265 e. The summed E-state index contributed by atoms with van der Waals surface area (Å²) >= 11 is 1.42. The Labute approximate surface area is 161 Å². The Bertz CT molecular complexity index is 875. The fraction of sp³-hybridized carbons (Fsp3) is 0.211. The minimum absolute atomic E-state index is 0.102. The largest absolute Gasteiger partial charge is 0.378 e. The number of thiophene rings is 1. The van der Waals surface area contributed by atoms with Crippen LogP contribution in [-0.4, -0.2) is 42.4 Å². The summed E-state index contributed by atoms with van der Waals surface area (Å²) in [6.07, 6.45) is 0. The number of amides is 1. The van der Waals surface area contributed by atoms with Crippen molar-refractivity contribution in [3.8, 4) is 0 Å². The van der Waals surface area contributed by atoms with Crippen LogP contribution in [0.15, 0.2) is 53.9 Å². The van der Waals surface area contributed by atoms with E-state index in [1.807, 2.05) is 47.8 Å². The van der Waals surface area contributed by atoms with Gasteiger partial charge in [-0.05, 0) is 47.8 Å². The van der Waals surface area contributed by atoms with Crippen molar-refractivity contribution in [2.75, 3.05) is 41.8 Å². The number of morpholine rings is 1. The van der Waals surface area contributed by atoms with Crippen LogP contribution in [0.3, 0.4) is 0 Å². The van der Waals surface area contributed by atoms with Crippen LogP contribution in [0.2, 0.25) is 0 Å². The fourth-order valence-corrected chi connectivity index (χ4v) is 3.36. The number of aromatic nitrogens is 2. The first kappa shape index (κ1) is 17.4. The van der Waals surface area contributed by atoms with E-state index in [0.717, 1.165) is 43.5 Å². The maximum atomic E-state index is 12.1. The number of carbonyl (C=O) groups is 1. The highest BCUT2D eigenvalue weighted by atomic mass is 32.1. The van der Waals surface area contributed by atoms with Crippen LogP contribution in [0.1, 0.15) is 9.67 Å². The van der Waals surface area contributed by atoms with E-state index in [4.69, 9.17) is 4.74 Å². The standard InChI is InChI=1S/C19H19N5O2S/c25-19(16-2-1-13-27-16)21-15-5-3-14(4-6-15)20-17-7-8-18(23-22-17)24-9-11-26-12-10-24/h1-8,13H,9-12H2,(H,20,22)(H,21,25). The molecule has 1 aromatic carbocycles. The molecule has 8 heteroatoms. The first-order chi connectivity index (χ1) is 13.3. The van der Waals surface area contributed by atoms with Gasteiger partial charge in [-0.3, -0.25) is 4.79 Å². The average molecular weight is 381 g/mol. The summed E-state index contributed by atoms with van der Waals surface area (Å²) in [4.78, 5) is 14.9. The van der Waals surface area contributed by atoms with Gasteiger partial charge in [0.1, 0.15) is 0 Å². The van der Waals surface area contributed by atoms with Gasteiger partial charge in [0.2, 0.25) is 0 Å². The molecule has 2 aromatic heterocycles. The van der Waals surface area contributed by atoms with Crippen LogP contribution < -0.4 is 15.5 Å². The Kier molecular flexibility index (Phi) is 5.27. The normalized spacial score (nSPS) is 14.0. The Morgan fingerprint density at radius 1 is 1.00 bits per heavy atom. The number of anilines is 4. The molecule has 1 fully saturated rings. The van der Waals surface area contributed by atoms with Gasteiger partial charge in [-0.1, -0.05) is 6.07 Å². The molecule has 2 N–H and O–H groups in total. The second kappa shape index (κ2) is 8.15. The molecule has 138 valence electrons. The van der Waals surface area contributed by atoms with Crippen molar-refractivity contribution in [2.24, 2.45) is 0 Å². The molecule has 1 aliphatic heterocycles. The minimum Gasteiger partial charge on any atom is -0.378 e. The number of nitrogens with zero attached hydrogens (tertiary/aromatic N) is 3. The first-order valence-corrected chi connectivity index (χ1v) is 9.54. The topological polar surface area (TPSA) is 79.4 Å². The molecule has 27 heavy (non-hydrogen) atoms. The van der Waals surface area contributed by atoms with Gasteiger partial charge in [0.05, 0.1) is 18.1 Å². The Morgan fingerprint density at radius 3 is 2.44 bits per heavy atom. The Balaban J connectivity index is 1.36. The van der Waals surface area contributed by atoms with Crippen LogP contribution in [0.25, 0.3) is 0 Å². The van der Waals surface area contributed by atoms with Crippen LogP contribution in [-0.2, 0) is 4.74 Å². The quantitative estimate of drug-likeness (QED) is 0.705. The zero-order valence-corrected chi connectivity index (χ0v) is 15.4. The number of hydrogen-bond acceptors (Lipinski definition) is 7. The van der Waals surface area contributed by atoms with Crippen molar-refractivity contribution >= 4 is 40.3 Å². The number of benzene rings is 1. The minimum atomic E-state index is -0.102. The molecule has 0 unspecified atom stereocenters. The van der Waals surface area contributed by atoms with Crippen LogP contribution in [0.4, 0.5) is 23.0 Å². The third-order valence-corrected chi connectivity index (χ3v) is 5.01. The monoisotopic (exact) mass is 381 g/mol. The molecular formula is C19H19N5O2S. The molecule has 4 rings (SSSR count). The third-order valence-electron chi connectivity index (χ3n) is 4.15. The van der Waals surface area contributed by atoms with Gasteiger partial charge in [-0.15, -0.1) is 21.5 Å². The summed E-state index contributed by atoms with van der Waals surface area (Å²) in [6.45, 7) is 3.11. The molecule has 0 radical (unpaired) electrons. The van der Waals surface area contributed by atoms with Crippen LogP contribution >= 0.6 is 11.3 Å². The van der Waals surface area contributed by atoms with Gasteiger partial charge < -0.3 is 20.3 Å². The number of hydrogen-bond donors (Lipinski definition) is 2. The zero-order valence-electron chi connectivity index (χ0n) is 14.6. The number of carbonyl (C=O) groups excluding carboxylic acids is 1. The Hall–Kier alpha value is -2.97. The van der Waals surface area contributed by atoms with Gasteiger partial charge in [0, 0.05) is 24.5 Å². The van der Waals surface area contributed by atoms with E-state index in [2.05, 4.69) is 25.7 Å². The van der Waals surface area contributed by atoms with Crippen LogP contribution in [0.5, 0.6) is 0 Å². The van der Waals surface area contributed by atoms with Crippen molar-refractivity contribution in [1.82, 2.24) is 10.2 Å². The van der Waals surface area contributed by atoms with Gasteiger partial charge >= 0.3 is 0 Å². The lowest BCUT2D eigenvalue weighted by molar-refractivity contribution is 0.103. The van der Waals surface area contributed by atoms with Gasteiger partial charge in [-0.25, -0.2) is 0 Å². The molecule has 0 aliphatic carbocycles. The van der Waals surface area contributed by atoms with E-state index in [1.54, 1.807) is 6.07 Å². The van der Waals surface area contributed by atoms with Crippen LogP contribution in [0, 0.1) is 0 Å². The summed E-state index contributed by atoms with van der Waals surface area (Å²) in [7, 11) is 0. The van der Waals surface area contributed by atoms with E-state index < -0.39 is 0 Å². The smallest absolute Gasteiger partial charge is 0.265 e.